The van der Waals surface area contributed by atoms with E-state index in [9.17, 15) is 14.4 Å². The molecule has 1 heterocycles. The van der Waals surface area contributed by atoms with Gasteiger partial charge in [-0.15, -0.1) is 0 Å². The van der Waals surface area contributed by atoms with E-state index in [-0.39, 0.29) is 29.7 Å². The van der Waals surface area contributed by atoms with Crippen LogP contribution in [0.3, 0.4) is 0 Å². The van der Waals surface area contributed by atoms with Crippen LogP contribution < -0.4 is 20.4 Å². The smallest absolute Gasteiger partial charge is 0.340 e. The minimum absolute atomic E-state index is 0.169. The van der Waals surface area contributed by atoms with Crippen molar-refractivity contribution in [3.05, 3.63) is 33.7 Å². The Bertz CT molecular complexity index is 901. The van der Waals surface area contributed by atoms with E-state index in [1.807, 2.05) is 0 Å². The number of carbonyl (C=O) groups is 2. The third kappa shape index (κ3) is 3.63. The first kappa shape index (κ1) is 19.3. The number of methoxy groups -OCH3 is 2. The number of fused-ring (bicyclic) bond motifs is 1. The van der Waals surface area contributed by atoms with Crippen molar-refractivity contribution < 1.29 is 28.6 Å². The molecule has 0 aliphatic rings. The van der Waals surface area contributed by atoms with Crippen molar-refractivity contribution in [3.63, 3.8) is 0 Å². The predicted molar refractivity (Wildman–Crippen MR) is 93.9 cm³/mol. The minimum Gasteiger partial charge on any atom is -0.493 e. The van der Waals surface area contributed by atoms with Gasteiger partial charge < -0.3 is 24.3 Å². The average Bonchev–Trinajstić information content (AvgIpc) is 2.61. The van der Waals surface area contributed by atoms with E-state index in [4.69, 9.17) is 19.0 Å². The minimum atomic E-state index is -1.13. The largest absolute Gasteiger partial charge is 0.493 e. The Morgan fingerprint density at radius 3 is 2.50 bits per heavy atom. The molecule has 1 atom stereocenters. The van der Waals surface area contributed by atoms with Gasteiger partial charge in [0.25, 0.3) is 0 Å². The summed E-state index contributed by atoms with van der Waals surface area (Å²) in [6.45, 7) is 3.34. The molecule has 1 unspecified atom stereocenters. The molecule has 2 N–H and O–H groups in total. The highest BCUT2D eigenvalue weighted by molar-refractivity contribution is 5.90. The van der Waals surface area contributed by atoms with Gasteiger partial charge in [-0.1, -0.05) is 6.92 Å². The van der Waals surface area contributed by atoms with Gasteiger partial charge in [0.2, 0.25) is 11.7 Å². The van der Waals surface area contributed by atoms with Crippen LogP contribution in [0.5, 0.6) is 11.5 Å². The second-order valence-corrected chi connectivity index (χ2v) is 5.71. The Balaban J connectivity index is 2.45. The van der Waals surface area contributed by atoms with Crippen LogP contribution in [-0.4, -0.2) is 37.2 Å². The molecule has 0 aliphatic carbocycles. The van der Waals surface area contributed by atoms with E-state index in [0.29, 0.717) is 16.7 Å². The molecule has 1 aromatic heterocycles. The number of ether oxygens (including phenoxy) is 2. The molecule has 0 aliphatic heterocycles. The number of aliphatic carboxylic acids is 1. The fraction of sp³-hybridized carbons (Fsp3) is 0.389. The van der Waals surface area contributed by atoms with Gasteiger partial charge in [0.05, 0.1) is 26.2 Å². The SMILES string of the molecule is CCC(NC(=O)Cc1c(C)c2ccc(OC)c(OC)c2oc1=O)C(=O)O. The van der Waals surface area contributed by atoms with Crippen LogP contribution >= 0.6 is 0 Å². The lowest BCUT2D eigenvalue weighted by Crippen LogP contribution is -2.41. The Hall–Kier alpha value is -3.03. The molecule has 1 aromatic carbocycles. The zero-order valence-electron chi connectivity index (χ0n) is 15.0. The second kappa shape index (κ2) is 7.90. The highest BCUT2D eigenvalue weighted by Crippen LogP contribution is 2.36. The summed E-state index contributed by atoms with van der Waals surface area (Å²) in [4.78, 5) is 35.6. The third-order valence-electron chi connectivity index (χ3n) is 4.18. The summed E-state index contributed by atoms with van der Waals surface area (Å²) < 4.78 is 15.8. The first-order chi connectivity index (χ1) is 12.3. The number of aryl methyl sites for hydroxylation is 1. The van der Waals surface area contributed by atoms with Gasteiger partial charge in [0.1, 0.15) is 6.04 Å². The van der Waals surface area contributed by atoms with Gasteiger partial charge in [-0.05, 0) is 31.0 Å². The zero-order valence-corrected chi connectivity index (χ0v) is 15.0. The second-order valence-electron chi connectivity index (χ2n) is 5.71. The van der Waals surface area contributed by atoms with Gasteiger partial charge >= 0.3 is 11.6 Å². The van der Waals surface area contributed by atoms with E-state index < -0.39 is 23.5 Å². The van der Waals surface area contributed by atoms with Crippen LogP contribution in [0.2, 0.25) is 0 Å². The van der Waals surface area contributed by atoms with E-state index in [1.54, 1.807) is 26.0 Å². The highest BCUT2D eigenvalue weighted by Gasteiger charge is 2.22. The van der Waals surface area contributed by atoms with Crippen LogP contribution in [0.15, 0.2) is 21.3 Å². The van der Waals surface area contributed by atoms with Gasteiger partial charge in [0.15, 0.2) is 11.3 Å². The monoisotopic (exact) mass is 363 g/mol. The molecule has 0 radical (unpaired) electrons. The molecule has 2 rings (SSSR count). The number of benzene rings is 1. The number of amides is 1. The van der Waals surface area contributed by atoms with Crippen LogP contribution in [-0.2, 0) is 16.0 Å². The molecule has 2 aromatic rings. The topological polar surface area (TPSA) is 115 Å². The average molecular weight is 363 g/mol. The van der Waals surface area contributed by atoms with Crippen molar-refractivity contribution >= 4 is 22.8 Å². The molecular formula is C18H21NO7. The lowest BCUT2D eigenvalue weighted by molar-refractivity contribution is -0.141. The lowest BCUT2D eigenvalue weighted by Gasteiger charge is -2.14. The third-order valence-corrected chi connectivity index (χ3v) is 4.18. The number of nitrogens with one attached hydrogen (secondary N) is 1. The van der Waals surface area contributed by atoms with E-state index in [1.165, 1.54) is 14.2 Å². The molecule has 0 saturated carbocycles. The maximum Gasteiger partial charge on any atom is 0.340 e. The van der Waals surface area contributed by atoms with E-state index >= 15 is 0 Å². The van der Waals surface area contributed by atoms with Crippen LogP contribution in [0, 0.1) is 6.92 Å². The highest BCUT2D eigenvalue weighted by atomic mass is 16.5. The molecule has 8 nitrogen and oxygen atoms in total. The van der Waals surface area contributed by atoms with Crippen molar-refractivity contribution in [3.8, 4) is 11.5 Å². The van der Waals surface area contributed by atoms with Gasteiger partial charge in [-0.3, -0.25) is 4.79 Å². The van der Waals surface area contributed by atoms with Crippen LogP contribution in [0.4, 0.5) is 0 Å². The Labute approximate surface area is 149 Å². The normalized spacial score (nSPS) is 11.8. The van der Waals surface area contributed by atoms with E-state index in [0.717, 1.165) is 0 Å². The molecule has 8 heteroatoms. The van der Waals surface area contributed by atoms with Crippen molar-refractivity contribution in [1.82, 2.24) is 5.32 Å². The first-order valence-electron chi connectivity index (χ1n) is 8.03. The molecule has 0 bridgehead atoms. The number of carbonyl (C=O) groups excluding carboxylic acids is 1. The maximum absolute atomic E-state index is 12.4. The van der Waals surface area contributed by atoms with Gasteiger partial charge in [-0.25, -0.2) is 9.59 Å². The van der Waals surface area contributed by atoms with Crippen molar-refractivity contribution in [2.45, 2.75) is 32.7 Å². The standard InChI is InChI=1S/C18H21NO7/c1-5-12(17(21)22)19-14(20)8-11-9(2)10-6-7-13(24-3)16(25-4)15(10)26-18(11)23/h6-7,12H,5,8H2,1-4H3,(H,19,20)(H,21,22). The predicted octanol–water partition coefficient (Wildman–Crippen LogP) is 1.64. The molecule has 0 fully saturated rings. The number of rotatable bonds is 7. The molecule has 140 valence electrons. The van der Waals surface area contributed by atoms with Crippen LogP contribution in [0.25, 0.3) is 11.0 Å². The molecular weight excluding hydrogens is 342 g/mol. The number of carboxylic acids is 1. The maximum atomic E-state index is 12.4. The summed E-state index contributed by atoms with van der Waals surface area (Å²) in [5.41, 5.74) is 0.286. The van der Waals surface area contributed by atoms with Crippen molar-refractivity contribution in [2.75, 3.05) is 14.2 Å². The molecule has 0 saturated heterocycles. The summed E-state index contributed by atoms with van der Waals surface area (Å²) in [5.74, 6) is -0.979. The van der Waals surface area contributed by atoms with E-state index in [2.05, 4.69) is 5.32 Å². The fourth-order valence-electron chi connectivity index (χ4n) is 2.71. The van der Waals surface area contributed by atoms with Gasteiger partial charge in [-0.2, -0.15) is 0 Å². The van der Waals surface area contributed by atoms with Crippen molar-refractivity contribution in [2.24, 2.45) is 0 Å². The van der Waals surface area contributed by atoms with Crippen molar-refractivity contribution in [1.29, 1.82) is 0 Å². The summed E-state index contributed by atoms with van der Waals surface area (Å²) >= 11 is 0. The first-order valence-corrected chi connectivity index (χ1v) is 8.03. The number of hydrogen-bond donors (Lipinski definition) is 2. The summed E-state index contributed by atoms with van der Waals surface area (Å²) in [6, 6.07) is 2.39. The summed E-state index contributed by atoms with van der Waals surface area (Å²) in [7, 11) is 2.91. The summed E-state index contributed by atoms with van der Waals surface area (Å²) in [5, 5.41) is 12.0. The molecule has 26 heavy (non-hydrogen) atoms. The molecule has 1 amide bonds. The fourth-order valence-corrected chi connectivity index (χ4v) is 2.71. The van der Waals surface area contributed by atoms with Gasteiger partial charge in [0, 0.05) is 5.39 Å². The Morgan fingerprint density at radius 2 is 1.96 bits per heavy atom. The summed E-state index contributed by atoms with van der Waals surface area (Å²) in [6.07, 6.45) is -0.0361. The Morgan fingerprint density at radius 1 is 1.27 bits per heavy atom. The van der Waals surface area contributed by atoms with Crippen LogP contribution in [0.1, 0.15) is 24.5 Å². The number of hydrogen-bond acceptors (Lipinski definition) is 6. The zero-order chi connectivity index (χ0) is 19.4. The Kier molecular flexibility index (Phi) is 5.86. The molecule has 0 spiro atoms. The number of carboxylic acid groups (broad SMARTS) is 1. The quantitative estimate of drug-likeness (QED) is 0.719. The lowest BCUT2D eigenvalue weighted by atomic mass is 10.0.